The molecule has 2 fully saturated rings. The second kappa shape index (κ2) is 2.73. The third-order valence-electron chi connectivity index (χ3n) is 3.59. The molecule has 0 radical (unpaired) electrons. The molecule has 0 spiro atoms. The summed E-state index contributed by atoms with van der Waals surface area (Å²) in [5, 5.41) is 0. The summed E-state index contributed by atoms with van der Waals surface area (Å²) in [5.74, 6) is 2.98. The van der Waals surface area contributed by atoms with Crippen LogP contribution in [0.15, 0.2) is 0 Å². The van der Waals surface area contributed by atoms with E-state index in [2.05, 4.69) is 32.6 Å². The van der Waals surface area contributed by atoms with Crippen LogP contribution in [0.2, 0.25) is 0 Å². The fraction of sp³-hybridized carbons (Fsp3) is 1.00. The zero-order chi connectivity index (χ0) is 8.88. The third kappa shape index (κ3) is 1.19. The van der Waals surface area contributed by atoms with Gasteiger partial charge in [-0.3, -0.25) is 4.90 Å². The summed E-state index contributed by atoms with van der Waals surface area (Å²) in [4.78, 5) is 2.71. The van der Waals surface area contributed by atoms with E-state index in [0.717, 1.165) is 29.8 Å². The smallest absolute Gasteiger partial charge is 0.0152 e. The standard InChI is InChI=1S/C11H21N/c1-7(2)11-10-5-9(10)6-12(11)8(3)4/h7-11H,5-6H2,1-4H3/t9-,10-,11+/m0/s1. The quantitative estimate of drug-likeness (QED) is 0.610. The second-order valence-corrected chi connectivity index (χ2v) is 5.18. The van der Waals surface area contributed by atoms with E-state index in [-0.39, 0.29) is 0 Å². The molecule has 0 unspecified atom stereocenters. The molecule has 1 heteroatoms. The fourth-order valence-corrected chi connectivity index (χ4v) is 2.97. The van der Waals surface area contributed by atoms with Gasteiger partial charge in [-0.2, -0.15) is 0 Å². The molecule has 1 nitrogen and oxygen atoms in total. The minimum Gasteiger partial charge on any atom is -0.297 e. The first kappa shape index (κ1) is 8.55. The van der Waals surface area contributed by atoms with Gasteiger partial charge in [0.2, 0.25) is 0 Å². The van der Waals surface area contributed by atoms with E-state index < -0.39 is 0 Å². The van der Waals surface area contributed by atoms with Gasteiger partial charge in [-0.05, 0) is 38.0 Å². The number of rotatable bonds is 2. The maximum Gasteiger partial charge on any atom is 0.0152 e. The van der Waals surface area contributed by atoms with Crippen LogP contribution in [0.25, 0.3) is 0 Å². The molecule has 0 N–H and O–H groups in total. The van der Waals surface area contributed by atoms with Crippen molar-refractivity contribution < 1.29 is 0 Å². The van der Waals surface area contributed by atoms with Crippen LogP contribution in [0.3, 0.4) is 0 Å². The van der Waals surface area contributed by atoms with Gasteiger partial charge in [0.25, 0.3) is 0 Å². The van der Waals surface area contributed by atoms with E-state index in [4.69, 9.17) is 0 Å². The number of hydrogen-bond acceptors (Lipinski definition) is 1. The van der Waals surface area contributed by atoms with Gasteiger partial charge in [-0.1, -0.05) is 13.8 Å². The van der Waals surface area contributed by atoms with Crippen molar-refractivity contribution in [3.8, 4) is 0 Å². The number of hydrogen-bond donors (Lipinski definition) is 0. The molecule has 2 aliphatic rings. The van der Waals surface area contributed by atoms with E-state index in [1.807, 2.05) is 0 Å². The third-order valence-corrected chi connectivity index (χ3v) is 3.59. The van der Waals surface area contributed by atoms with E-state index in [0.29, 0.717) is 0 Å². The normalized spacial score (nSPS) is 41.0. The molecular formula is C11H21N. The summed E-state index contributed by atoms with van der Waals surface area (Å²) in [6, 6.07) is 1.65. The Bertz CT molecular complexity index is 174. The molecule has 0 aromatic rings. The Morgan fingerprint density at radius 3 is 2.25 bits per heavy atom. The first-order valence-corrected chi connectivity index (χ1v) is 5.37. The number of likely N-dealkylation sites (tertiary alicyclic amines) is 1. The Hall–Kier alpha value is -0.0400. The predicted molar refractivity (Wildman–Crippen MR) is 52.1 cm³/mol. The largest absolute Gasteiger partial charge is 0.297 e. The van der Waals surface area contributed by atoms with E-state index >= 15 is 0 Å². The lowest BCUT2D eigenvalue weighted by atomic mass is 9.99. The fourth-order valence-electron chi connectivity index (χ4n) is 2.97. The van der Waals surface area contributed by atoms with Crippen LogP contribution in [0.5, 0.6) is 0 Å². The van der Waals surface area contributed by atoms with Gasteiger partial charge in [-0.25, -0.2) is 0 Å². The van der Waals surface area contributed by atoms with Gasteiger partial charge in [0, 0.05) is 18.6 Å². The Morgan fingerprint density at radius 1 is 1.17 bits per heavy atom. The molecule has 12 heavy (non-hydrogen) atoms. The molecule has 3 atom stereocenters. The Labute approximate surface area is 76.1 Å². The van der Waals surface area contributed by atoms with Crippen LogP contribution in [0, 0.1) is 17.8 Å². The maximum absolute atomic E-state index is 2.71. The van der Waals surface area contributed by atoms with Crippen molar-refractivity contribution in [2.75, 3.05) is 6.54 Å². The van der Waals surface area contributed by atoms with Crippen LogP contribution >= 0.6 is 0 Å². The molecule has 1 aliphatic heterocycles. The molecule has 0 aromatic carbocycles. The minimum absolute atomic E-state index is 0.755. The molecule has 2 rings (SSSR count). The highest BCUT2D eigenvalue weighted by Gasteiger charge is 2.53. The van der Waals surface area contributed by atoms with Crippen LogP contribution in [0.1, 0.15) is 34.1 Å². The molecule has 1 heterocycles. The number of fused-ring (bicyclic) bond motifs is 1. The monoisotopic (exact) mass is 167 g/mol. The summed E-state index contributed by atoms with van der Waals surface area (Å²) in [5.41, 5.74) is 0. The van der Waals surface area contributed by atoms with Crippen LogP contribution in [-0.4, -0.2) is 23.5 Å². The molecule has 0 bridgehead atoms. The highest BCUT2D eigenvalue weighted by Crippen LogP contribution is 2.52. The summed E-state index contributed by atoms with van der Waals surface area (Å²) in [7, 11) is 0. The van der Waals surface area contributed by atoms with Crippen molar-refractivity contribution in [1.82, 2.24) is 4.90 Å². The molecule has 0 aromatic heterocycles. The van der Waals surface area contributed by atoms with E-state index in [9.17, 15) is 0 Å². The van der Waals surface area contributed by atoms with Crippen molar-refractivity contribution >= 4 is 0 Å². The Morgan fingerprint density at radius 2 is 1.83 bits per heavy atom. The topological polar surface area (TPSA) is 3.24 Å². The van der Waals surface area contributed by atoms with Gasteiger partial charge in [0.05, 0.1) is 0 Å². The second-order valence-electron chi connectivity index (χ2n) is 5.18. The van der Waals surface area contributed by atoms with Crippen molar-refractivity contribution in [3.63, 3.8) is 0 Å². The van der Waals surface area contributed by atoms with E-state index in [1.165, 1.54) is 13.0 Å². The van der Waals surface area contributed by atoms with Crippen LogP contribution in [0.4, 0.5) is 0 Å². The molecule has 1 saturated heterocycles. The Balaban J connectivity index is 2.06. The summed E-state index contributed by atoms with van der Waals surface area (Å²) < 4.78 is 0. The van der Waals surface area contributed by atoms with Crippen molar-refractivity contribution in [1.29, 1.82) is 0 Å². The minimum atomic E-state index is 0.755. The van der Waals surface area contributed by atoms with Crippen molar-refractivity contribution in [2.24, 2.45) is 17.8 Å². The van der Waals surface area contributed by atoms with E-state index in [1.54, 1.807) is 0 Å². The Kier molecular flexibility index (Phi) is 1.95. The van der Waals surface area contributed by atoms with Gasteiger partial charge >= 0.3 is 0 Å². The van der Waals surface area contributed by atoms with Gasteiger partial charge < -0.3 is 0 Å². The lowest BCUT2D eigenvalue weighted by molar-refractivity contribution is 0.138. The van der Waals surface area contributed by atoms with Gasteiger partial charge in [-0.15, -0.1) is 0 Å². The highest BCUT2D eigenvalue weighted by molar-refractivity contribution is 5.05. The molecule has 70 valence electrons. The van der Waals surface area contributed by atoms with Crippen LogP contribution < -0.4 is 0 Å². The first-order chi connectivity index (χ1) is 5.61. The number of piperidine rings is 1. The summed E-state index contributed by atoms with van der Waals surface area (Å²) in [6.07, 6.45) is 1.52. The first-order valence-electron chi connectivity index (χ1n) is 5.37. The summed E-state index contributed by atoms with van der Waals surface area (Å²) >= 11 is 0. The van der Waals surface area contributed by atoms with Crippen molar-refractivity contribution in [3.05, 3.63) is 0 Å². The molecule has 1 aliphatic carbocycles. The van der Waals surface area contributed by atoms with Gasteiger partial charge in [0.1, 0.15) is 0 Å². The predicted octanol–water partition coefficient (Wildman–Crippen LogP) is 2.37. The van der Waals surface area contributed by atoms with Gasteiger partial charge in [0.15, 0.2) is 0 Å². The zero-order valence-corrected chi connectivity index (χ0v) is 8.75. The molecule has 1 saturated carbocycles. The SMILES string of the molecule is CC(C)[C@@H]1[C@H]2C[C@H]2CN1C(C)C. The molecular weight excluding hydrogens is 146 g/mol. The number of nitrogens with zero attached hydrogens (tertiary/aromatic N) is 1. The lowest BCUT2D eigenvalue weighted by Gasteiger charge is -2.33. The maximum atomic E-state index is 2.71. The van der Waals surface area contributed by atoms with Crippen molar-refractivity contribution in [2.45, 2.75) is 46.2 Å². The molecule has 0 amide bonds. The average molecular weight is 167 g/mol. The lowest BCUT2D eigenvalue weighted by Crippen LogP contribution is -2.41. The highest BCUT2D eigenvalue weighted by atomic mass is 15.2. The average Bonchev–Trinajstić information content (AvgIpc) is 2.60. The zero-order valence-electron chi connectivity index (χ0n) is 8.75. The summed E-state index contributed by atoms with van der Waals surface area (Å²) in [6.45, 7) is 10.8. The van der Waals surface area contributed by atoms with Crippen LogP contribution in [-0.2, 0) is 0 Å².